The summed E-state index contributed by atoms with van der Waals surface area (Å²) in [6.45, 7) is 4.15. The van der Waals surface area contributed by atoms with Crippen LogP contribution in [0.3, 0.4) is 0 Å². The van der Waals surface area contributed by atoms with Crippen LogP contribution in [-0.2, 0) is 6.42 Å². The van der Waals surface area contributed by atoms with E-state index in [4.69, 9.17) is 0 Å². The van der Waals surface area contributed by atoms with Crippen molar-refractivity contribution in [3.8, 4) is 0 Å². The standard InChI is InChI=1S/C19H18O/c1-13-10-14(2)17-9-8-16(19(20)18(17)11-13)12-15-6-4-3-5-7-15/h3-7,10-12H,8-9H2,1-2H3/b16-12-. The summed E-state index contributed by atoms with van der Waals surface area (Å²) < 4.78 is 0. The number of rotatable bonds is 1. The molecule has 2 aromatic carbocycles. The molecular formula is C19H18O. The maximum atomic E-state index is 12.7. The summed E-state index contributed by atoms with van der Waals surface area (Å²) in [5.74, 6) is 0.196. The van der Waals surface area contributed by atoms with E-state index in [0.717, 1.165) is 35.1 Å². The predicted octanol–water partition coefficient (Wildman–Crippen LogP) is 4.52. The van der Waals surface area contributed by atoms with Crippen molar-refractivity contribution in [2.24, 2.45) is 0 Å². The first kappa shape index (κ1) is 12.9. The zero-order chi connectivity index (χ0) is 14.1. The minimum Gasteiger partial charge on any atom is -0.289 e. The van der Waals surface area contributed by atoms with E-state index in [2.05, 4.69) is 19.9 Å². The molecule has 1 nitrogen and oxygen atoms in total. The molecule has 0 heterocycles. The number of benzene rings is 2. The highest BCUT2D eigenvalue weighted by Crippen LogP contribution is 2.29. The van der Waals surface area contributed by atoms with Crippen molar-refractivity contribution in [2.45, 2.75) is 26.7 Å². The summed E-state index contributed by atoms with van der Waals surface area (Å²) in [7, 11) is 0. The molecule has 20 heavy (non-hydrogen) atoms. The fraction of sp³-hybridized carbons (Fsp3) is 0.211. The lowest BCUT2D eigenvalue weighted by Crippen LogP contribution is -2.15. The van der Waals surface area contributed by atoms with Gasteiger partial charge in [-0.3, -0.25) is 4.79 Å². The van der Waals surface area contributed by atoms with Gasteiger partial charge in [0.25, 0.3) is 0 Å². The monoisotopic (exact) mass is 262 g/mol. The molecule has 1 aliphatic rings. The quantitative estimate of drug-likeness (QED) is 0.691. The van der Waals surface area contributed by atoms with Crippen LogP contribution in [0.15, 0.2) is 48.0 Å². The summed E-state index contributed by atoms with van der Waals surface area (Å²) in [5.41, 5.74) is 6.56. The highest BCUT2D eigenvalue weighted by Gasteiger charge is 2.23. The van der Waals surface area contributed by atoms with Gasteiger partial charge in [0, 0.05) is 11.1 Å². The van der Waals surface area contributed by atoms with E-state index in [1.54, 1.807) is 0 Å². The molecule has 0 spiro atoms. The molecule has 0 unspecified atom stereocenters. The normalized spacial score (nSPS) is 16.3. The predicted molar refractivity (Wildman–Crippen MR) is 83.0 cm³/mol. The van der Waals surface area contributed by atoms with Gasteiger partial charge in [-0.15, -0.1) is 0 Å². The van der Waals surface area contributed by atoms with Crippen molar-refractivity contribution in [3.63, 3.8) is 0 Å². The Morgan fingerprint density at radius 3 is 2.50 bits per heavy atom. The first-order valence-electron chi connectivity index (χ1n) is 7.05. The van der Waals surface area contributed by atoms with E-state index in [-0.39, 0.29) is 5.78 Å². The van der Waals surface area contributed by atoms with E-state index < -0.39 is 0 Å². The van der Waals surface area contributed by atoms with Crippen LogP contribution in [0, 0.1) is 13.8 Å². The third-order valence-corrected chi connectivity index (χ3v) is 3.94. The lowest BCUT2D eigenvalue weighted by molar-refractivity contribution is 0.102. The first-order valence-corrected chi connectivity index (χ1v) is 7.05. The molecule has 0 saturated heterocycles. The summed E-state index contributed by atoms with van der Waals surface area (Å²) in [6, 6.07) is 14.3. The van der Waals surface area contributed by atoms with Crippen molar-refractivity contribution < 1.29 is 4.79 Å². The summed E-state index contributed by atoms with van der Waals surface area (Å²) in [4.78, 5) is 12.7. The maximum Gasteiger partial charge on any atom is 0.189 e. The van der Waals surface area contributed by atoms with Crippen molar-refractivity contribution >= 4 is 11.9 Å². The Morgan fingerprint density at radius 1 is 1.00 bits per heavy atom. The molecule has 1 heteroatoms. The Labute approximate surface area is 120 Å². The zero-order valence-electron chi connectivity index (χ0n) is 11.9. The summed E-state index contributed by atoms with van der Waals surface area (Å²) in [6.07, 6.45) is 3.83. The molecule has 0 saturated carbocycles. The van der Waals surface area contributed by atoms with E-state index in [9.17, 15) is 4.79 Å². The smallest absolute Gasteiger partial charge is 0.189 e. The number of ketones is 1. The van der Waals surface area contributed by atoms with Crippen LogP contribution < -0.4 is 0 Å². The maximum absolute atomic E-state index is 12.7. The van der Waals surface area contributed by atoms with E-state index in [0.29, 0.717) is 0 Å². The van der Waals surface area contributed by atoms with Crippen LogP contribution in [0.5, 0.6) is 0 Å². The van der Waals surface area contributed by atoms with Crippen LogP contribution in [0.25, 0.3) is 6.08 Å². The van der Waals surface area contributed by atoms with Crippen molar-refractivity contribution in [3.05, 3.63) is 75.9 Å². The Morgan fingerprint density at radius 2 is 1.75 bits per heavy atom. The van der Waals surface area contributed by atoms with Gasteiger partial charge in [0.2, 0.25) is 0 Å². The number of hydrogen-bond acceptors (Lipinski definition) is 1. The second-order valence-electron chi connectivity index (χ2n) is 5.52. The van der Waals surface area contributed by atoms with Gasteiger partial charge >= 0.3 is 0 Å². The van der Waals surface area contributed by atoms with Gasteiger partial charge in [0.05, 0.1) is 0 Å². The average Bonchev–Trinajstić information content (AvgIpc) is 2.43. The highest BCUT2D eigenvalue weighted by atomic mass is 16.1. The van der Waals surface area contributed by atoms with Gasteiger partial charge in [0.15, 0.2) is 5.78 Å². The number of aryl methyl sites for hydroxylation is 2. The van der Waals surface area contributed by atoms with Gasteiger partial charge in [-0.2, -0.15) is 0 Å². The fourth-order valence-corrected chi connectivity index (χ4v) is 2.97. The molecule has 0 amide bonds. The Hall–Kier alpha value is -2.15. The molecule has 100 valence electrons. The molecule has 0 aromatic heterocycles. The molecule has 0 N–H and O–H groups in total. The zero-order valence-corrected chi connectivity index (χ0v) is 11.9. The molecule has 0 radical (unpaired) electrons. The second kappa shape index (κ2) is 5.09. The third kappa shape index (κ3) is 2.32. The van der Waals surface area contributed by atoms with E-state index >= 15 is 0 Å². The molecular weight excluding hydrogens is 244 g/mol. The lowest BCUT2D eigenvalue weighted by atomic mass is 9.83. The van der Waals surface area contributed by atoms with Crippen molar-refractivity contribution in [2.75, 3.05) is 0 Å². The largest absolute Gasteiger partial charge is 0.289 e. The van der Waals surface area contributed by atoms with Gasteiger partial charge < -0.3 is 0 Å². The molecule has 0 atom stereocenters. The lowest BCUT2D eigenvalue weighted by Gasteiger charge is -2.20. The second-order valence-corrected chi connectivity index (χ2v) is 5.52. The number of allylic oxidation sites excluding steroid dienone is 1. The molecule has 0 fully saturated rings. The topological polar surface area (TPSA) is 17.1 Å². The molecule has 3 rings (SSSR count). The van der Waals surface area contributed by atoms with Crippen LogP contribution in [0.1, 0.15) is 39.0 Å². The van der Waals surface area contributed by atoms with Crippen LogP contribution in [0.4, 0.5) is 0 Å². The first-order chi connectivity index (χ1) is 9.65. The number of carbonyl (C=O) groups is 1. The van der Waals surface area contributed by atoms with Gasteiger partial charge in [-0.05, 0) is 55.5 Å². The van der Waals surface area contributed by atoms with Gasteiger partial charge in [0.1, 0.15) is 0 Å². The van der Waals surface area contributed by atoms with Crippen molar-refractivity contribution in [1.29, 1.82) is 0 Å². The Kier molecular flexibility index (Phi) is 3.27. The van der Waals surface area contributed by atoms with Gasteiger partial charge in [-0.1, -0.05) is 42.0 Å². The van der Waals surface area contributed by atoms with Crippen LogP contribution in [-0.4, -0.2) is 5.78 Å². The molecule has 1 aliphatic carbocycles. The highest BCUT2D eigenvalue weighted by molar-refractivity contribution is 6.13. The average molecular weight is 262 g/mol. The number of hydrogen-bond donors (Lipinski definition) is 0. The van der Waals surface area contributed by atoms with Gasteiger partial charge in [-0.25, -0.2) is 0 Å². The number of Topliss-reactive ketones (excluding diaryl/α,β-unsaturated/α-hetero) is 1. The fourth-order valence-electron chi connectivity index (χ4n) is 2.97. The summed E-state index contributed by atoms with van der Waals surface area (Å²) >= 11 is 0. The van der Waals surface area contributed by atoms with Crippen LogP contribution in [0.2, 0.25) is 0 Å². The van der Waals surface area contributed by atoms with Crippen LogP contribution >= 0.6 is 0 Å². The summed E-state index contributed by atoms with van der Waals surface area (Å²) in [5, 5.41) is 0. The minimum absolute atomic E-state index is 0.196. The molecule has 2 aromatic rings. The third-order valence-electron chi connectivity index (χ3n) is 3.94. The van der Waals surface area contributed by atoms with Crippen molar-refractivity contribution in [1.82, 2.24) is 0 Å². The minimum atomic E-state index is 0.196. The Balaban J connectivity index is 2.03. The van der Waals surface area contributed by atoms with E-state index in [1.165, 1.54) is 11.1 Å². The number of fused-ring (bicyclic) bond motifs is 1. The molecule has 0 aliphatic heterocycles. The Bertz CT molecular complexity index is 693. The molecule has 0 bridgehead atoms. The number of carbonyl (C=O) groups excluding carboxylic acids is 1. The van der Waals surface area contributed by atoms with E-state index in [1.807, 2.05) is 42.5 Å². The SMILES string of the molecule is Cc1cc(C)c2c(c1)C(=O)/C(=C\c1ccccc1)CC2.